The topological polar surface area (TPSA) is 64.9 Å². The lowest BCUT2D eigenvalue weighted by Crippen LogP contribution is -1.82. The van der Waals surface area contributed by atoms with Gasteiger partial charge in [0.15, 0.2) is 0 Å². The van der Waals surface area contributed by atoms with Crippen LogP contribution in [0.2, 0.25) is 0 Å². The van der Waals surface area contributed by atoms with Crippen molar-refractivity contribution < 1.29 is 4.52 Å². The van der Waals surface area contributed by atoms with Gasteiger partial charge in [0.05, 0.1) is 5.69 Å². The van der Waals surface area contributed by atoms with E-state index < -0.39 is 0 Å². The van der Waals surface area contributed by atoms with Crippen LogP contribution in [0.5, 0.6) is 0 Å². The van der Waals surface area contributed by atoms with Gasteiger partial charge >= 0.3 is 0 Å². The summed E-state index contributed by atoms with van der Waals surface area (Å²) >= 11 is 4.12. The van der Waals surface area contributed by atoms with Gasteiger partial charge in [-0.25, -0.2) is 0 Å². The Labute approximate surface area is 80.2 Å². The van der Waals surface area contributed by atoms with E-state index in [0.29, 0.717) is 5.69 Å². The van der Waals surface area contributed by atoms with Crippen molar-refractivity contribution in [2.24, 2.45) is 0 Å². The van der Waals surface area contributed by atoms with Crippen molar-refractivity contribution in [1.29, 1.82) is 0 Å². The van der Waals surface area contributed by atoms with Gasteiger partial charge < -0.3 is 10.3 Å². The van der Waals surface area contributed by atoms with Gasteiger partial charge in [0.2, 0.25) is 5.88 Å². The quantitative estimate of drug-likeness (QED) is 0.675. The lowest BCUT2D eigenvalue weighted by Gasteiger charge is -1.93. The van der Waals surface area contributed by atoms with Gasteiger partial charge in [0.1, 0.15) is 5.69 Å². The second-order valence-corrected chi connectivity index (χ2v) is 3.03. The van der Waals surface area contributed by atoms with Crippen LogP contribution < -0.4 is 5.73 Å². The van der Waals surface area contributed by atoms with Gasteiger partial charge in [0.25, 0.3) is 0 Å². The van der Waals surface area contributed by atoms with E-state index in [0.717, 1.165) is 10.6 Å². The van der Waals surface area contributed by atoms with Gasteiger partial charge in [-0.15, -0.1) is 12.6 Å². The molecular formula is C8H7N3OS. The molecule has 0 aliphatic heterocycles. The molecule has 0 spiro atoms. The molecule has 2 heterocycles. The van der Waals surface area contributed by atoms with E-state index >= 15 is 0 Å². The molecule has 13 heavy (non-hydrogen) atoms. The van der Waals surface area contributed by atoms with Gasteiger partial charge in [0, 0.05) is 17.2 Å². The second kappa shape index (κ2) is 3.10. The molecule has 2 rings (SSSR count). The molecule has 2 aromatic heterocycles. The van der Waals surface area contributed by atoms with Crippen molar-refractivity contribution in [3.63, 3.8) is 0 Å². The van der Waals surface area contributed by atoms with Gasteiger partial charge in [-0.05, 0) is 12.1 Å². The number of hydrogen-bond acceptors (Lipinski definition) is 5. The third-order valence-corrected chi connectivity index (χ3v) is 1.80. The van der Waals surface area contributed by atoms with Crippen LogP contribution in [0.3, 0.4) is 0 Å². The first-order valence-electron chi connectivity index (χ1n) is 3.63. The SMILES string of the molecule is Nc1cc(-c2ccc(S)cn2)no1. The van der Waals surface area contributed by atoms with Crippen molar-refractivity contribution in [2.45, 2.75) is 4.90 Å². The lowest BCUT2D eigenvalue weighted by molar-refractivity contribution is 0.439. The molecule has 2 N–H and O–H groups in total. The van der Waals surface area contributed by atoms with Crippen LogP contribution in [0, 0.1) is 0 Å². The summed E-state index contributed by atoms with van der Waals surface area (Å²) < 4.78 is 4.72. The Morgan fingerprint density at radius 3 is 2.69 bits per heavy atom. The molecule has 0 atom stereocenters. The minimum absolute atomic E-state index is 0.284. The van der Waals surface area contributed by atoms with Gasteiger partial charge in [-0.2, -0.15) is 0 Å². The molecular weight excluding hydrogens is 186 g/mol. The lowest BCUT2D eigenvalue weighted by atomic mass is 10.3. The van der Waals surface area contributed by atoms with Crippen molar-refractivity contribution in [1.82, 2.24) is 10.1 Å². The Morgan fingerprint density at radius 2 is 2.15 bits per heavy atom. The van der Waals surface area contributed by atoms with E-state index in [2.05, 4.69) is 22.8 Å². The van der Waals surface area contributed by atoms with E-state index in [1.165, 1.54) is 0 Å². The molecule has 2 aromatic rings. The third kappa shape index (κ3) is 1.65. The Balaban J connectivity index is 2.41. The highest BCUT2D eigenvalue weighted by Crippen LogP contribution is 2.18. The summed E-state index contributed by atoms with van der Waals surface area (Å²) in [5.74, 6) is 0.284. The van der Waals surface area contributed by atoms with Crippen molar-refractivity contribution in [2.75, 3.05) is 5.73 Å². The summed E-state index contributed by atoms with van der Waals surface area (Å²) in [6.07, 6.45) is 1.64. The summed E-state index contributed by atoms with van der Waals surface area (Å²) in [7, 11) is 0. The summed E-state index contributed by atoms with van der Waals surface area (Å²) in [4.78, 5) is 4.91. The molecule has 0 saturated heterocycles. The maximum atomic E-state index is 5.37. The average Bonchev–Trinajstić information content (AvgIpc) is 2.53. The maximum absolute atomic E-state index is 5.37. The van der Waals surface area contributed by atoms with Crippen LogP contribution in [0.1, 0.15) is 0 Å². The number of nitrogen functional groups attached to an aromatic ring is 1. The Bertz CT molecular complexity index is 410. The molecule has 5 heteroatoms. The van der Waals surface area contributed by atoms with E-state index in [1.54, 1.807) is 18.3 Å². The Hall–Kier alpha value is -1.49. The number of nitrogens with two attached hydrogens (primary N) is 1. The number of rotatable bonds is 1. The third-order valence-electron chi connectivity index (χ3n) is 1.54. The first kappa shape index (κ1) is 8.12. The van der Waals surface area contributed by atoms with Crippen molar-refractivity contribution >= 4 is 18.5 Å². The van der Waals surface area contributed by atoms with Crippen LogP contribution >= 0.6 is 12.6 Å². The zero-order valence-corrected chi connectivity index (χ0v) is 7.53. The fourth-order valence-corrected chi connectivity index (χ4v) is 1.08. The summed E-state index contributed by atoms with van der Waals surface area (Å²) in [6, 6.07) is 5.26. The molecule has 0 aliphatic rings. The number of anilines is 1. The smallest absolute Gasteiger partial charge is 0.222 e. The summed E-state index contributed by atoms with van der Waals surface area (Å²) in [5, 5.41) is 3.73. The monoisotopic (exact) mass is 193 g/mol. The molecule has 0 saturated carbocycles. The van der Waals surface area contributed by atoms with Crippen molar-refractivity contribution in [3.05, 3.63) is 24.4 Å². The summed E-state index contributed by atoms with van der Waals surface area (Å²) in [6.45, 7) is 0. The minimum atomic E-state index is 0.284. The molecule has 4 nitrogen and oxygen atoms in total. The van der Waals surface area contributed by atoms with E-state index in [4.69, 9.17) is 10.3 Å². The number of thiol groups is 1. The van der Waals surface area contributed by atoms with E-state index in [9.17, 15) is 0 Å². The first-order chi connectivity index (χ1) is 6.25. The summed E-state index contributed by atoms with van der Waals surface area (Å²) in [5.41, 5.74) is 6.72. The highest BCUT2D eigenvalue weighted by Gasteiger charge is 2.04. The van der Waals surface area contributed by atoms with Crippen molar-refractivity contribution in [3.8, 4) is 11.4 Å². The molecule has 0 aliphatic carbocycles. The first-order valence-corrected chi connectivity index (χ1v) is 4.08. The number of nitrogens with zero attached hydrogens (tertiary/aromatic N) is 2. The van der Waals surface area contributed by atoms with Gasteiger partial charge in [-0.3, -0.25) is 4.98 Å². The Kier molecular flexibility index (Phi) is 1.94. The van der Waals surface area contributed by atoms with Crippen LogP contribution in [-0.2, 0) is 0 Å². The molecule has 66 valence electrons. The number of aromatic nitrogens is 2. The molecule has 0 bridgehead atoms. The number of pyridine rings is 1. The highest BCUT2D eigenvalue weighted by atomic mass is 32.1. The highest BCUT2D eigenvalue weighted by molar-refractivity contribution is 7.80. The second-order valence-electron chi connectivity index (χ2n) is 2.52. The van der Waals surface area contributed by atoms with Crippen LogP contribution in [0.25, 0.3) is 11.4 Å². The fraction of sp³-hybridized carbons (Fsp3) is 0. The van der Waals surface area contributed by atoms with E-state index in [1.807, 2.05) is 6.07 Å². The predicted octanol–water partition coefficient (Wildman–Crippen LogP) is 1.61. The van der Waals surface area contributed by atoms with Crippen LogP contribution in [0.4, 0.5) is 5.88 Å². The minimum Gasteiger partial charge on any atom is -0.368 e. The molecule has 0 fully saturated rings. The average molecular weight is 193 g/mol. The van der Waals surface area contributed by atoms with E-state index in [-0.39, 0.29) is 5.88 Å². The molecule has 0 amide bonds. The standard InChI is InChI=1S/C8H7N3OS/c9-8-3-7(11-12-8)6-2-1-5(13)4-10-6/h1-4,13H,9H2. The maximum Gasteiger partial charge on any atom is 0.222 e. The number of hydrogen-bond donors (Lipinski definition) is 2. The molecule has 0 radical (unpaired) electrons. The fourth-order valence-electron chi connectivity index (χ4n) is 0.948. The Morgan fingerprint density at radius 1 is 1.31 bits per heavy atom. The van der Waals surface area contributed by atoms with Crippen LogP contribution in [0.15, 0.2) is 33.8 Å². The largest absolute Gasteiger partial charge is 0.368 e. The van der Waals surface area contributed by atoms with Crippen LogP contribution in [-0.4, -0.2) is 10.1 Å². The zero-order valence-electron chi connectivity index (χ0n) is 6.64. The van der Waals surface area contributed by atoms with Gasteiger partial charge in [-0.1, -0.05) is 5.16 Å². The molecule has 0 aromatic carbocycles. The normalized spacial score (nSPS) is 10.2. The molecule has 0 unspecified atom stereocenters. The predicted molar refractivity (Wildman–Crippen MR) is 51.4 cm³/mol. The zero-order chi connectivity index (χ0) is 9.26.